The highest BCUT2D eigenvalue weighted by atomic mass is 79.9. The number of benzene rings is 4. The van der Waals surface area contributed by atoms with Crippen LogP contribution in [0.5, 0.6) is 0 Å². The molecule has 0 aliphatic carbocycles. The van der Waals surface area contributed by atoms with Crippen molar-refractivity contribution in [3.63, 3.8) is 0 Å². The van der Waals surface area contributed by atoms with Gasteiger partial charge < -0.3 is 10.2 Å². The number of sulfonamides is 1. The van der Waals surface area contributed by atoms with Crippen LogP contribution in [0.15, 0.2) is 112 Å². The molecule has 0 aliphatic heterocycles. The van der Waals surface area contributed by atoms with Crippen molar-refractivity contribution >= 4 is 43.5 Å². The lowest BCUT2D eigenvalue weighted by Crippen LogP contribution is -2.53. The molecule has 1 N–H and O–H groups in total. The van der Waals surface area contributed by atoms with Gasteiger partial charge in [-0.1, -0.05) is 89.4 Å². The average Bonchev–Trinajstić information content (AvgIpc) is 3.02. The maximum absolute atomic E-state index is 14.4. The first kappa shape index (κ1) is 33.9. The lowest BCUT2D eigenvalue weighted by Gasteiger charge is -2.34. The number of anilines is 1. The van der Waals surface area contributed by atoms with Crippen molar-refractivity contribution in [2.24, 2.45) is 0 Å². The molecule has 0 spiro atoms. The summed E-state index contributed by atoms with van der Waals surface area (Å²) < 4.78 is 43.6. The van der Waals surface area contributed by atoms with Gasteiger partial charge in [0.25, 0.3) is 10.0 Å². The van der Waals surface area contributed by atoms with Gasteiger partial charge in [-0.2, -0.15) is 0 Å². The smallest absolute Gasteiger partial charge is 0.264 e. The Labute approximate surface area is 273 Å². The molecule has 0 aliphatic rings. The van der Waals surface area contributed by atoms with Crippen LogP contribution >= 0.6 is 15.9 Å². The minimum atomic E-state index is -4.30. The van der Waals surface area contributed by atoms with Crippen LogP contribution in [0, 0.1) is 12.7 Å². The summed E-state index contributed by atoms with van der Waals surface area (Å²) in [7, 11) is -4.30. The van der Waals surface area contributed by atoms with E-state index in [0.29, 0.717) is 6.54 Å². The van der Waals surface area contributed by atoms with E-state index in [1.54, 1.807) is 24.3 Å². The van der Waals surface area contributed by atoms with E-state index in [1.807, 2.05) is 68.4 Å². The van der Waals surface area contributed by atoms with Gasteiger partial charge in [-0.15, -0.1) is 0 Å². The molecule has 0 radical (unpaired) electrons. The van der Waals surface area contributed by atoms with Crippen molar-refractivity contribution in [3.8, 4) is 0 Å². The first-order valence-electron chi connectivity index (χ1n) is 14.8. The van der Waals surface area contributed by atoms with Crippen molar-refractivity contribution in [2.45, 2.75) is 50.6 Å². The molecule has 2 amide bonds. The molecule has 4 aromatic rings. The van der Waals surface area contributed by atoms with E-state index in [4.69, 9.17) is 0 Å². The number of hydrogen-bond acceptors (Lipinski definition) is 4. The summed E-state index contributed by atoms with van der Waals surface area (Å²) >= 11 is 3.49. The van der Waals surface area contributed by atoms with Gasteiger partial charge in [-0.05, 0) is 73.0 Å². The highest BCUT2D eigenvalue weighted by Gasteiger charge is 2.34. The van der Waals surface area contributed by atoms with Crippen molar-refractivity contribution in [1.82, 2.24) is 10.2 Å². The Hall–Kier alpha value is -4.02. The third-order valence-electron chi connectivity index (χ3n) is 7.35. The van der Waals surface area contributed by atoms with Crippen molar-refractivity contribution in [2.75, 3.05) is 17.4 Å². The fourth-order valence-corrected chi connectivity index (χ4v) is 6.73. The largest absolute Gasteiger partial charge is 0.354 e. The molecule has 0 heterocycles. The van der Waals surface area contributed by atoms with Crippen molar-refractivity contribution in [3.05, 3.63) is 130 Å². The summed E-state index contributed by atoms with van der Waals surface area (Å²) in [5.41, 5.74) is 2.80. The van der Waals surface area contributed by atoms with Gasteiger partial charge in [-0.25, -0.2) is 12.8 Å². The fourth-order valence-electron chi connectivity index (χ4n) is 4.87. The molecule has 4 rings (SSSR count). The van der Waals surface area contributed by atoms with Gasteiger partial charge in [0.2, 0.25) is 11.8 Å². The molecule has 4 aromatic carbocycles. The maximum Gasteiger partial charge on any atom is 0.264 e. The number of aryl methyl sites for hydroxylation is 1. The zero-order valence-corrected chi connectivity index (χ0v) is 27.7. The van der Waals surface area contributed by atoms with E-state index < -0.39 is 34.3 Å². The summed E-state index contributed by atoms with van der Waals surface area (Å²) in [6.07, 6.45) is 1.89. The lowest BCUT2D eigenvalue weighted by molar-refractivity contribution is -0.140. The number of nitrogens with zero attached hydrogens (tertiary/aromatic N) is 2. The van der Waals surface area contributed by atoms with E-state index in [-0.39, 0.29) is 29.5 Å². The topological polar surface area (TPSA) is 86.8 Å². The highest BCUT2D eigenvalue weighted by Crippen LogP contribution is 2.26. The van der Waals surface area contributed by atoms with Gasteiger partial charge in [-0.3, -0.25) is 13.9 Å². The number of unbranched alkanes of at least 4 members (excludes halogenated alkanes) is 1. The van der Waals surface area contributed by atoms with Crippen LogP contribution in [0.25, 0.3) is 0 Å². The van der Waals surface area contributed by atoms with Crippen LogP contribution < -0.4 is 9.62 Å². The Bertz CT molecular complexity index is 1680. The molecule has 45 heavy (non-hydrogen) atoms. The van der Waals surface area contributed by atoms with Crippen LogP contribution in [0.3, 0.4) is 0 Å². The predicted molar refractivity (Wildman–Crippen MR) is 179 cm³/mol. The Kier molecular flexibility index (Phi) is 11.9. The van der Waals surface area contributed by atoms with Gasteiger partial charge >= 0.3 is 0 Å². The second-order valence-corrected chi connectivity index (χ2v) is 13.6. The van der Waals surface area contributed by atoms with Gasteiger partial charge in [0.15, 0.2) is 0 Å². The van der Waals surface area contributed by atoms with Crippen LogP contribution in [0.4, 0.5) is 10.1 Å². The third-order valence-corrected chi connectivity index (χ3v) is 9.63. The Morgan fingerprint density at radius 2 is 1.56 bits per heavy atom. The molecular formula is C35H37BrFN3O4S. The van der Waals surface area contributed by atoms with Crippen LogP contribution in [0.2, 0.25) is 0 Å². The van der Waals surface area contributed by atoms with Crippen molar-refractivity contribution < 1.29 is 22.4 Å². The summed E-state index contributed by atoms with van der Waals surface area (Å²) in [6, 6.07) is 27.2. The van der Waals surface area contributed by atoms with E-state index >= 15 is 0 Å². The molecule has 0 unspecified atom stereocenters. The normalized spacial score (nSPS) is 11.9. The maximum atomic E-state index is 14.4. The van der Waals surface area contributed by atoms with Gasteiger partial charge in [0, 0.05) is 24.0 Å². The molecule has 0 saturated heterocycles. The Morgan fingerprint density at radius 3 is 2.20 bits per heavy atom. The first-order valence-corrected chi connectivity index (χ1v) is 17.0. The summed E-state index contributed by atoms with van der Waals surface area (Å²) in [6.45, 7) is 3.84. The standard InChI is InChI=1S/C35H37BrFN3O4S/c1-3-4-21-38-35(42)33(23-27-9-6-5-7-10-27)39(24-28-11-8-12-29(36)22-28)34(41)25-40(31-17-13-26(2)14-18-31)45(43,44)32-19-15-30(37)16-20-32/h5-20,22,33H,3-4,21,23-25H2,1-2H3,(H,38,42)/t33-/m0/s1. The zero-order valence-electron chi connectivity index (χ0n) is 25.3. The van der Waals surface area contributed by atoms with E-state index in [1.165, 1.54) is 17.0 Å². The SMILES string of the molecule is CCCCNC(=O)[C@H](Cc1ccccc1)N(Cc1cccc(Br)c1)C(=O)CN(c1ccc(C)cc1)S(=O)(=O)c1ccc(F)cc1. The lowest BCUT2D eigenvalue weighted by atomic mass is 10.0. The summed E-state index contributed by atoms with van der Waals surface area (Å²) in [5.74, 6) is -1.46. The number of amides is 2. The minimum Gasteiger partial charge on any atom is -0.354 e. The van der Waals surface area contributed by atoms with Crippen LogP contribution in [-0.2, 0) is 32.6 Å². The van der Waals surface area contributed by atoms with Gasteiger partial charge in [0.05, 0.1) is 10.6 Å². The molecule has 0 fully saturated rings. The van der Waals surface area contributed by atoms with E-state index in [9.17, 15) is 22.4 Å². The number of hydrogen-bond donors (Lipinski definition) is 1. The molecular weight excluding hydrogens is 657 g/mol. The molecule has 0 saturated carbocycles. The molecule has 7 nitrogen and oxygen atoms in total. The highest BCUT2D eigenvalue weighted by molar-refractivity contribution is 9.10. The quantitative estimate of drug-likeness (QED) is 0.150. The van der Waals surface area contributed by atoms with E-state index in [2.05, 4.69) is 21.2 Å². The van der Waals surface area contributed by atoms with Crippen LogP contribution in [-0.4, -0.2) is 44.3 Å². The Balaban J connectivity index is 1.78. The summed E-state index contributed by atoms with van der Waals surface area (Å²) in [5, 5.41) is 2.98. The third kappa shape index (κ3) is 9.25. The van der Waals surface area contributed by atoms with Crippen LogP contribution in [0.1, 0.15) is 36.5 Å². The molecule has 0 aromatic heterocycles. The number of nitrogens with one attached hydrogen (secondary N) is 1. The summed E-state index contributed by atoms with van der Waals surface area (Å²) in [4.78, 5) is 29.5. The number of rotatable bonds is 14. The Morgan fingerprint density at radius 1 is 0.889 bits per heavy atom. The average molecular weight is 695 g/mol. The molecule has 1 atom stereocenters. The second-order valence-electron chi connectivity index (χ2n) is 10.8. The molecule has 236 valence electrons. The number of carbonyl (C=O) groups is 2. The van der Waals surface area contributed by atoms with E-state index in [0.717, 1.165) is 50.4 Å². The zero-order chi connectivity index (χ0) is 32.4. The monoisotopic (exact) mass is 693 g/mol. The predicted octanol–water partition coefficient (Wildman–Crippen LogP) is 6.65. The minimum absolute atomic E-state index is 0.0648. The number of carbonyl (C=O) groups excluding carboxylic acids is 2. The second kappa shape index (κ2) is 15.8. The van der Waals surface area contributed by atoms with Crippen molar-refractivity contribution in [1.29, 1.82) is 0 Å². The van der Waals surface area contributed by atoms with Gasteiger partial charge in [0.1, 0.15) is 18.4 Å². The fraction of sp³-hybridized carbons (Fsp3) is 0.257. The first-order chi connectivity index (χ1) is 21.6. The molecule has 10 heteroatoms. The molecule has 0 bridgehead atoms. The number of halogens is 2.